The summed E-state index contributed by atoms with van der Waals surface area (Å²) in [6, 6.07) is 0. The first-order valence-corrected chi connectivity index (χ1v) is 4.80. The summed E-state index contributed by atoms with van der Waals surface area (Å²) < 4.78 is 0. The molecule has 3 nitrogen and oxygen atoms in total. The highest BCUT2D eigenvalue weighted by atomic mass is 15.1. The van der Waals surface area contributed by atoms with Crippen LogP contribution in [0.15, 0.2) is 46.1 Å². The van der Waals surface area contributed by atoms with Gasteiger partial charge in [-0.2, -0.15) is 0 Å². The Labute approximate surface area is 91.2 Å². The number of hydrogen-bond donors (Lipinski definition) is 0. The monoisotopic (exact) mass is 203 g/mol. The van der Waals surface area contributed by atoms with Crippen LogP contribution in [0.5, 0.6) is 0 Å². The predicted octanol–water partition coefficient (Wildman–Crippen LogP) is 1.70. The van der Waals surface area contributed by atoms with E-state index in [9.17, 15) is 0 Å². The fourth-order valence-corrected chi connectivity index (χ4v) is 1.33. The summed E-state index contributed by atoms with van der Waals surface area (Å²) in [5.74, 6) is 0. The van der Waals surface area contributed by atoms with E-state index in [0.717, 1.165) is 22.7 Å². The van der Waals surface area contributed by atoms with Crippen LogP contribution >= 0.6 is 0 Å². The van der Waals surface area contributed by atoms with E-state index in [0.29, 0.717) is 0 Å². The van der Waals surface area contributed by atoms with Gasteiger partial charge in [-0.15, -0.1) is 0 Å². The standard InChI is InChI=1S/C12H17N3/c1-9(15(4)5)10-6-7-11(13-2)12(8-10)14-3/h6-8H,1H2,2-5H3. The summed E-state index contributed by atoms with van der Waals surface area (Å²) in [4.78, 5) is 10.3. The van der Waals surface area contributed by atoms with Crippen LogP contribution in [0.1, 0.15) is 0 Å². The molecule has 0 bridgehead atoms. The minimum Gasteiger partial charge on any atom is -0.378 e. The lowest BCUT2D eigenvalue weighted by Crippen LogP contribution is -2.17. The minimum atomic E-state index is 0.901. The summed E-state index contributed by atoms with van der Waals surface area (Å²) in [7, 11) is 7.49. The van der Waals surface area contributed by atoms with Gasteiger partial charge in [-0.05, 0) is 17.7 Å². The quantitative estimate of drug-likeness (QED) is 0.628. The van der Waals surface area contributed by atoms with Crippen molar-refractivity contribution in [3.05, 3.63) is 36.1 Å². The van der Waals surface area contributed by atoms with Gasteiger partial charge in [0.15, 0.2) is 0 Å². The maximum Gasteiger partial charge on any atom is 0.0829 e. The summed E-state index contributed by atoms with van der Waals surface area (Å²) >= 11 is 0. The van der Waals surface area contributed by atoms with Crippen LogP contribution in [-0.4, -0.2) is 44.5 Å². The summed E-state index contributed by atoms with van der Waals surface area (Å²) in [6.45, 7) is 4.01. The van der Waals surface area contributed by atoms with Gasteiger partial charge >= 0.3 is 0 Å². The molecule has 0 aromatic carbocycles. The summed E-state index contributed by atoms with van der Waals surface area (Å²) in [5, 5.41) is 0. The average molecular weight is 203 g/mol. The summed E-state index contributed by atoms with van der Waals surface area (Å²) in [5.41, 5.74) is 3.86. The molecule has 3 heteroatoms. The smallest absolute Gasteiger partial charge is 0.0829 e. The van der Waals surface area contributed by atoms with E-state index in [1.54, 1.807) is 14.1 Å². The molecule has 0 aliphatic heterocycles. The van der Waals surface area contributed by atoms with Crippen LogP contribution in [-0.2, 0) is 0 Å². The van der Waals surface area contributed by atoms with E-state index < -0.39 is 0 Å². The second kappa shape index (κ2) is 4.73. The van der Waals surface area contributed by atoms with E-state index in [4.69, 9.17) is 0 Å². The molecule has 0 spiro atoms. The number of aliphatic imine (C=N–C) groups is 2. The van der Waals surface area contributed by atoms with Gasteiger partial charge in [0.1, 0.15) is 0 Å². The molecule has 0 aromatic rings. The topological polar surface area (TPSA) is 28.0 Å². The van der Waals surface area contributed by atoms with Crippen molar-refractivity contribution in [3.8, 4) is 0 Å². The van der Waals surface area contributed by atoms with Crippen molar-refractivity contribution in [2.45, 2.75) is 0 Å². The molecule has 0 radical (unpaired) electrons. The SMILES string of the molecule is C=C(C1=CC(=NC)C(=NC)C=C1)N(C)C. The Hall–Kier alpha value is -1.64. The third-order valence-corrected chi connectivity index (χ3v) is 2.33. The Bertz CT molecular complexity index is 382. The van der Waals surface area contributed by atoms with E-state index in [-0.39, 0.29) is 0 Å². The van der Waals surface area contributed by atoms with Crippen molar-refractivity contribution in [2.24, 2.45) is 9.98 Å². The highest BCUT2D eigenvalue weighted by Gasteiger charge is 2.11. The van der Waals surface area contributed by atoms with Crippen molar-refractivity contribution in [3.63, 3.8) is 0 Å². The van der Waals surface area contributed by atoms with Gasteiger partial charge in [-0.25, -0.2) is 0 Å². The first-order valence-electron chi connectivity index (χ1n) is 4.80. The Balaban J connectivity index is 3.03. The van der Waals surface area contributed by atoms with Gasteiger partial charge in [0.2, 0.25) is 0 Å². The second-order valence-electron chi connectivity index (χ2n) is 3.49. The number of hydrogen-bond acceptors (Lipinski definition) is 3. The fourth-order valence-electron chi connectivity index (χ4n) is 1.33. The molecule has 1 rings (SSSR count). The van der Waals surface area contributed by atoms with Crippen molar-refractivity contribution in [1.29, 1.82) is 0 Å². The maximum absolute atomic E-state index is 4.19. The Morgan fingerprint density at radius 2 is 1.73 bits per heavy atom. The molecule has 0 fully saturated rings. The number of rotatable bonds is 2. The molecule has 15 heavy (non-hydrogen) atoms. The predicted molar refractivity (Wildman–Crippen MR) is 66.8 cm³/mol. The molecular formula is C12H17N3. The molecular weight excluding hydrogens is 186 g/mol. The van der Waals surface area contributed by atoms with Crippen LogP contribution < -0.4 is 0 Å². The number of likely N-dealkylation sites (N-methyl/N-ethyl adjacent to an activating group) is 1. The van der Waals surface area contributed by atoms with Gasteiger partial charge in [0, 0.05) is 33.9 Å². The normalized spacial score (nSPS) is 20.7. The van der Waals surface area contributed by atoms with Crippen molar-refractivity contribution in [1.82, 2.24) is 4.90 Å². The Morgan fingerprint density at radius 1 is 1.13 bits per heavy atom. The highest BCUT2D eigenvalue weighted by Crippen LogP contribution is 2.16. The van der Waals surface area contributed by atoms with Crippen LogP contribution in [0.3, 0.4) is 0 Å². The minimum absolute atomic E-state index is 0.901. The van der Waals surface area contributed by atoms with E-state index >= 15 is 0 Å². The van der Waals surface area contributed by atoms with Crippen molar-refractivity contribution < 1.29 is 0 Å². The summed E-state index contributed by atoms with van der Waals surface area (Å²) in [6.07, 6.45) is 5.98. The molecule has 80 valence electrons. The Kier molecular flexibility index (Phi) is 3.61. The molecule has 0 N–H and O–H groups in total. The molecule has 1 aliphatic rings. The molecule has 0 unspecified atom stereocenters. The third kappa shape index (κ3) is 2.43. The van der Waals surface area contributed by atoms with E-state index in [1.807, 2.05) is 37.2 Å². The lowest BCUT2D eigenvalue weighted by atomic mass is 10.0. The van der Waals surface area contributed by atoms with Gasteiger partial charge in [0.25, 0.3) is 0 Å². The van der Waals surface area contributed by atoms with Gasteiger partial charge in [-0.3, -0.25) is 9.98 Å². The van der Waals surface area contributed by atoms with E-state index in [2.05, 4.69) is 16.6 Å². The zero-order valence-electron chi connectivity index (χ0n) is 9.78. The van der Waals surface area contributed by atoms with Gasteiger partial charge in [0.05, 0.1) is 11.4 Å². The molecule has 0 atom stereocenters. The zero-order valence-corrected chi connectivity index (χ0v) is 9.78. The fraction of sp³-hybridized carbons (Fsp3) is 0.333. The molecule has 0 heterocycles. The van der Waals surface area contributed by atoms with Crippen molar-refractivity contribution >= 4 is 11.4 Å². The number of allylic oxidation sites excluding steroid dienone is 3. The van der Waals surface area contributed by atoms with Crippen LogP contribution in [0.25, 0.3) is 0 Å². The zero-order chi connectivity index (χ0) is 11.4. The van der Waals surface area contributed by atoms with E-state index in [1.165, 1.54) is 0 Å². The number of nitrogens with zero attached hydrogens (tertiary/aromatic N) is 3. The molecule has 0 amide bonds. The lowest BCUT2D eigenvalue weighted by molar-refractivity contribution is 0.527. The van der Waals surface area contributed by atoms with Crippen LogP contribution in [0.2, 0.25) is 0 Å². The lowest BCUT2D eigenvalue weighted by Gasteiger charge is -2.19. The molecule has 1 aliphatic carbocycles. The van der Waals surface area contributed by atoms with Crippen LogP contribution in [0.4, 0.5) is 0 Å². The molecule has 0 aromatic heterocycles. The highest BCUT2D eigenvalue weighted by molar-refractivity contribution is 6.51. The largest absolute Gasteiger partial charge is 0.378 e. The molecule has 0 saturated heterocycles. The Morgan fingerprint density at radius 3 is 2.20 bits per heavy atom. The third-order valence-electron chi connectivity index (χ3n) is 2.33. The first kappa shape index (κ1) is 11.4. The molecule has 0 saturated carbocycles. The van der Waals surface area contributed by atoms with Crippen LogP contribution in [0, 0.1) is 0 Å². The first-order chi connectivity index (χ1) is 7.10. The average Bonchev–Trinajstić information content (AvgIpc) is 2.26. The van der Waals surface area contributed by atoms with Crippen molar-refractivity contribution in [2.75, 3.05) is 28.2 Å². The second-order valence-corrected chi connectivity index (χ2v) is 3.49. The van der Waals surface area contributed by atoms with Gasteiger partial charge < -0.3 is 4.90 Å². The maximum atomic E-state index is 4.19. The van der Waals surface area contributed by atoms with Gasteiger partial charge in [-0.1, -0.05) is 12.7 Å².